The predicted octanol–water partition coefficient (Wildman–Crippen LogP) is 1.97. The molecule has 0 aliphatic carbocycles. The largest absolute Gasteiger partial charge is 0.495 e. The summed E-state index contributed by atoms with van der Waals surface area (Å²) < 4.78 is 31.4. The number of nitrogens with one attached hydrogen (secondary N) is 1. The molecule has 0 bridgehead atoms. The van der Waals surface area contributed by atoms with Crippen molar-refractivity contribution >= 4 is 33.2 Å². The summed E-state index contributed by atoms with van der Waals surface area (Å²) in [5, 5.41) is 13.8. The van der Waals surface area contributed by atoms with Crippen LogP contribution >= 0.6 is 0 Å². The topological polar surface area (TPSA) is 139 Å². The molecular formula is C23H30N4O7S. The van der Waals surface area contributed by atoms with Crippen LogP contribution in [0.3, 0.4) is 0 Å². The number of ether oxygens (including phenoxy) is 1. The first-order valence-corrected chi connectivity index (χ1v) is 12.7. The van der Waals surface area contributed by atoms with Crippen molar-refractivity contribution in [2.45, 2.75) is 25.8 Å². The van der Waals surface area contributed by atoms with Gasteiger partial charge in [-0.15, -0.1) is 0 Å². The maximum Gasteiger partial charge on any atom is 0.271 e. The number of anilines is 1. The van der Waals surface area contributed by atoms with Gasteiger partial charge in [0.2, 0.25) is 21.8 Å². The molecule has 2 amide bonds. The zero-order valence-corrected chi connectivity index (χ0v) is 20.9. The number of sulfonamides is 1. The molecule has 11 nitrogen and oxygen atoms in total. The first kappa shape index (κ1) is 27.6. The molecule has 12 heteroatoms. The second-order valence-corrected chi connectivity index (χ2v) is 9.65. The monoisotopic (exact) mass is 506 g/mol. The highest BCUT2D eigenvalue weighted by atomic mass is 32.2. The first-order chi connectivity index (χ1) is 16.5. The van der Waals surface area contributed by atoms with Crippen molar-refractivity contribution in [1.29, 1.82) is 0 Å². The zero-order valence-electron chi connectivity index (χ0n) is 20.1. The Hall–Kier alpha value is -3.67. The van der Waals surface area contributed by atoms with Crippen LogP contribution in [0.25, 0.3) is 0 Å². The van der Waals surface area contributed by atoms with Gasteiger partial charge < -0.3 is 15.0 Å². The van der Waals surface area contributed by atoms with Crippen molar-refractivity contribution in [3.8, 4) is 5.75 Å². The van der Waals surface area contributed by atoms with Crippen molar-refractivity contribution < 1.29 is 27.7 Å². The summed E-state index contributed by atoms with van der Waals surface area (Å²) in [6.45, 7) is 1.25. The Labute approximate surface area is 204 Å². The predicted molar refractivity (Wildman–Crippen MR) is 132 cm³/mol. The molecule has 0 aliphatic rings. The molecule has 1 atom stereocenters. The molecule has 1 N–H and O–H groups in total. The number of hydrogen-bond acceptors (Lipinski definition) is 7. The van der Waals surface area contributed by atoms with Gasteiger partial charge in [-0.1, -0.05) is 37.3 Å². The molecule has 0 radical (unpaired) electrons. The van der Waals surface area contributed by atoms with Crippen LogP contribution in [0.4, 0.5) is 11.4 Å². The lowest BCUT2D eigenvalue weighted by Gasteiger charge is -2.32. The van der Waals surface area contributed by atoms with E-state index in [9.17, 15) is 28.1 Å². The van der Waals surface area contributed by atoms with E-state index in [1.54, 1.807) is 6.92 Å². The fraction of sp³-hybridized carbons (Fsp3) is 0.391. The highest BCUT2D eigenvalue weighted by molar-refractivity contribution is 7.92. The third kappa shape index (κ3) is 7.15. The van der Waals surface area contributed by atoms with Crippen LogP contribution in [0.2, 0.25) is 0 Å². The van der Waals surface area contributed by atoms with Crippen LogP contribution in [0.15, 0.2) is 48.5 Å². The maximum absolute atomic E-state index is 13.5. The summed E-state index contributed by atoms with van der Waals surface area (Å²) in [7, 11) is -1.31. The lowest BCUT2D eigenvalue weighted by molar-refractivity contribution is -0.384. The van der Waals surface area contributed by atoms with Gasteiger partial charge in [0.1, 0.15) is 24.0 Å². The molecule has 2 aromatic rings. The van der Waals surface area contributed by atoms with E-state index in [-0.39, 0.29) is 29.6 Å². The van der Waals surface area contributed by atoms with Crippen LogP contribution in [-0.2, 0) is 26.0 Å². The molecule has 0 aliphatic heterocycles. The Bertz CT molecular complexity index is 1160. The van der Waals surface area contributed by atoms with Gasteiger partial charge in [0.05, 0.1) is 18.3 Å². The third-order valence-electron chi connectivity index (χ3n) is 5.44. The second kappa shape index (κ2) is 12.2. The number of nitro benzene ring substituents is 1. The molecule has 0 saturated heterocycles. The Morgan fingerprint density at radius 2 is 1.83 bits per heavy atom. The van der Waals surface area contributed by atoms with Gasteiger partial charge in [0.25, 0.3) is 5.69 Å². The molecule has 35 heavy (non-hydrogen) atoms. The van der Waals surface area contributed by atoms with Gasteiger partial charge in [-0.25, -0.2) is 8.42 Å². The molecule has 0 aromatic heterocycles. The number of carbonyl (C=O) groups is 2. The van der Waals surface area contributed by atoms with E-state index < -0.39 is 33.4 Å². The molecule has 0 fully saturated rings. The van der Waals surface area contributed by atoms with Gasteiger partial charge in [0.15, 0.2) is 0 Å². The molecular weight excluding hydrogens is 476 g/mol. The highest BCUT2D eigenvalue weighted by Crippen LogP contribution is 2.33. The Morgan fingerprint density at radius 1 is 1.17 bits per heavy atom. The molecule has 0 saturated carbocycles. The quantitative estimate of drug-likeness (QED) is 0.343. The average molecular weight is 507 g/mol. The van der Waals surface area contributed by atoms with Crippen molar-refractivity contribution in [3.63, 3.8) is 0 Å². The fourth-order valence-electron chi connectivity index (χ4n) is 3.64. The van der Waals surface area contributed by atoms with E-state index in [2.05, 4.69) is 5.32 Å². The maximum atomic E-state index is 13.5. The van der Waals surface area contributed by atoms with Crippen molar-refractivity contribution in [1.82, 2.24) is 10.2 Å². The minimum absolute atomic E-state index is 0.0444. The van der Waals surface area contributed by atoms with E-state index in [4.69, 9.17) is 4.74 Å². The molecule has 0 heterocycles. The molecule has 2 aromatic carbocycles. The number of benzene rings is 2. The molecule has 0 spiro atoms. The number of nitro groups is 1. The summed E-state index contributed by atoms with van der Waals surface area (Å²) >= 11 is 0. The SMILES string of the molecule is CC[C@@H](C(=O)NC)N(CCc1ccccc1)C(=O)CN(c1cc([N+](=O)[O-])ccc1OC)S(C)(=O)=O. The van der Waals surface area contributed by atoms with Crippen LogP contribution in [-0.4, -0.2) is 69.6 Å². The minimum atomic E-state index is -4.06. The van der Waals surface area contributed by atoms with Crippen molar-refractivity contribution in [2.75, 3.05) is 37.8 Å². The number of rotatable bonds is 12. The van der Waals surface area contributed by atoms with Gasteiger partial charge >= 0.3 is 0 Å². The van der Waals surface area contributed by atoms with Gasteiger partial charge in [0, 0.05) is 25.7 Å². The van der Waals surface area contributed by atoms with Crippen LogP contribution in [0, 0.1) is 10.1 Å². The number of hydrogen-bond donors (Lipinski definition) is 1. The number of non-ortho nitro benzene ring substituents is 1. The van der Waals surface area contributed by atoms with Crippen LogP contribution in [0.1, 0.15) is 18.9 Å². The summed E-state index contributed by atoms with van der Waals surface area (Å²) in [5.74, 6) is -0.967. The Kier molecular flexibility index (Phi) is 9.58. The number of likely N-dealkylation sites (N-methyl/N-ethyl adjacent to an activating group) is 1. The third-order valence-corrected chi connectivity index (χ3v) is 6.56. The number of methoxy groups -OCH3 is 1. The van der Waals surface area contributed by atoms with Gasteiger partial charge in [-0.2, -0.15) is 0 Å². The number of carbonyl (C=O) groups excluding carboxylic acids is 2. The lowest BCUT2D eigenvalue weighted by Crippen LogP contribution is -2.52. The molecule has 0 unspecified atom stereocenters. The van der Waals surface area contributed by atoms with E-state index in [0.29, 0.717) is 12.8 Å². The summed E-state index contributed by atoms with van der Waals surface area (Å²) in [6.07, 6.45) is 1.64. The van der Waals surface area contributed by atoms with Crippen molar-refractivity contribution in [2.24, 2.45) is 0 Å². The number of nitrogens with zero attached hydrogens (tertiary/aromatic N) is 3. The van der Waals surface area contributed by atoms with E-state index in [1.807, 2.05) is 30.3 Å². The van der Waals surface area contributed by atoms with Gasteiger partial charge in [-0.3, -0.25) is 24.0 Å². The highest BCUT2D eigenvalue weighted by Gasteiger charge is 2.32. The van der Waals surface area contributed by atoms with E-state index in [1.165, 1.54) is 31.2 Å². The van der Waals surface area contributed by atoms with Crippen LogP contribution < -0.4 is 14.4 Å². The van der Waals surface area contributed by atoms with Gasteiger partial charge in [-0.05, 0) is 24.5 Å². The normalized spacial score (nSPS) is 11.9. The Morgan fingerprint density at radius 3 is 2.34 bits per heavy atom. The van der Waals surface area contributed by atoms with Crippen molar-refractivity contribution in [3.05, 3.63) is 64.2 Å². The Balaban J connectivity index is 2.47. The fourth-order valence-corrected chi connectivity index (χ4v) is 4.49. The lowest BCUT2D eigenvalue weighted by atomic mass is 10.1. The number of amides is 2. The summed E-state index contributed by atoms with van der Waals surface area (Å²) in [4.78, 5) is 38.0. The van der Waals surface area contributed by atoms with E-state index in [0.717, 1.165) is 22.2 Å². The summed E-state index contributed by atoms with van der Waals surface area (Å²) in [6, 6.07) is 12.0. The van der Waals surface area contributed by atoms with E-state index >= 15 is 0 Å². The molecule has 190 valence electrons. The molecule has 2 rings (SSSR count). The average Bonchev–Trinajstić information content (AvgIpc) is 2.83. The summed E-state index contributed by atoms with van der Waals surface area (Å²) in [5.41, 5.74) is 0.436. The standard InChI is InChI=1S/C23H30N4O7S/c1-5-19(23(29)24-2)25(14-13-17-9-7-6-8-10-17)22(28)16-26(35(4,32)33)20-15-18(27(30)31)11-12-21(20)34-3/h6-12,15,19H,5,13-14,16H2,1-4H3,(H,24,29)/t19-/m0/s1. The minimum Gasteiger partial charge on any atom is -0.495 e. The second-order valence-electron chi connectivity index (χ2n) is 7.74. The van der Waals surface area contributed by atoms with Crippen LogP contribution in [0.5, 0.6) is 5.75 Å². The zero-order chi connectivity index (χ0) is 26.2. The first-order valence-electron chi connectivity index (χ1n) is 10.9. The smallest absolute Gasteiger partial charge is 0.271 e.